The SMILES string of the molecule is Cc1cc(N(C)Cc2ccc(F)cc2)c(C(=N)N)c(C)n1. The van der Waals surface area contributed by atoms with Gasteiger partial charge < -0.3 is 10.6 Å². The molecule has 0 bridgehead atoms. The predicted octanol–water partition coefficient (Wildman–Crippen LogP) is 2.76. The highest BCUT2D eigenvalue weighted by atomic mass is 19.1. The van der Waals surface area contributed by atoms with Crippen LogP contribution in [0.3, 0.4) is 0 Å². The summed E-state index contributed by atoms with van der Waals surface area (Å²) in [4.78, 5) is 6.35. The smallest absolute Gasteiger partial charge is 0.126 e. The summed E-state index contributed by atoms with van der Waals surface area (Å²) >= 11 is 0. The van der Waals surface area contributed by atoms with E-state index in [1.807, 2.05) is 31.9 Å². The van der Waals surface area contributed by atoms with Crippen LogP contribution in [0.4, 0.5) is 10.1 Å². The molecule has 1 heterocycles. The van der Waals surface area contributed by atoms with Crippen LogP contribution in [0.2, 0.25) is 0 Å². The fourth-order valence-corrected chi connectivity index (χ4v) is 2.39. The third kappa shape index (κ3) is 3.37. The number of aryl methyl sites for hydroxylation is 2. The molecule has 2 aromatic rings. The molecule has 5 heteroatoms. The zero-order valence-corrected chi connectivity index (χ0v) is 12.4. The normalized spacial score (nSPS) is 10.5. The lowest BCUT2D eigenvalue weighted by molar-refractivity contribution is 0.627. The highest BCUT2D eigenvalue weighted by Crippen LogP contribution is 2.24. The second kappa shape index (κ2) is 5.91. The van der Waals surface area contributed by atoms with Crippen molar-refractivity contribution < 1.29 is 4.39 Å². The van der Waals surface area contributed by atoms with Crippen LogP contribution in [0.1, 0.15) is 22.5 Å². The van der Waals surface area contributed by atoms with Crippen molar-refractivity contribution in [1.29, 1.82) is 5.41 Å². The van der Waals surface area contributed by atoms with Crippen LogP contribution in [0, 0.1) is 25.1 Å². The van der Waals surface area contributed by atoms with E-state index in [4.69, 9.17) is 11.1 Å². The number of halogens is 1. The average Bonchev–Trinajstić information content (AvgIpc) is 2.39. The van der Waals surface area contributed by atoms with E-state index >= 15 is 0 Å². The van der Waals surface area contributed by atoms with Gasteiger partial charge in [0, 0.05) is 19.3 Å². The van der Waals surface area contributed by atoms with E-state index in [0.29, 0.717) is 12.1 Å². The average molecular weight is 286 g/mol. The van der Waals surface area contributed by atoms with E-state index in [0.717, 1.165) is 22.6 Å². The Hall–Kier alpha value is -2.43. The van der Waals surface area contributed by atoms with Gasteiger partial charge in [0.1, 0.15) is 11.7 Å². The number of aromatic nitrogens is 1. The first-order valence-electron chi connectivity index (χ1n) is 6.66. The highest BCUT2D eigenvalue weighted by molar-refractivity contribution is 6.01. The molecule has 0 aliphatic carbocycles. The molecule has 1 aromatic carbocycles. The molecule has 110 valence electrons. The van der Waals surface area contributed by atoms with Gasteiger partial charge in [-0.2, -0.15) is 0 Å². The second-order valence-corrected chi connectivity index (χ2v) is 5.14. The Morgan fingerprint density at radius 2 is 1.90 bits per heavy atom. The molecule has 0 saturated heterocycles. The van der Waals surface area contributed by atoms with Crippen molar-refractivity contribution in [3.63, 3.8) is 0 Å². The Kier molecular flexibility index (Phi) is 4.21. The molecule has 3 N–H and O–H groups in total. The van der Waals surface area contributed by atoms with Crippen molar-refractivity contribution in [3.8, 4) is 0 Å². The number of rotatable bonds is 4. The summed E-state index contributed by atoms with van der Waals surface area (Å²) in [5, 5.41) is 7.75. The number of nitrogens with two attached hydrogens (primary N) is 1. The van der Waals surface area contributed by atoms with Gasteiger partial charge >= 0.3 is 0 Å². The van der Waals surface area contributed by atoms with Crippen molar-refractivity contribution >= 4 is 11.5 Å². The van der Waals surface area contributed by atoms with Gasteiger partial charge in [-0.05, 0) is 37.6 Å². The van der Waals surface area contributed by atoms with Gasteiger partial charge in [-0.15, -0.1) is 0 Å². The summed E-state index contributed by atoms with van der Waals surface area (Å²) in [5.41, 5.74) is 9.78. The maximum atomic E-state index is 13.0. The van der Waals surface area contributed by atoms with E-state index in [-0.39, 0.29) is 11.7 Å². The first-order chi connectivity index (χ1) is 9.88. The molecule has 0 aliphatic heterocycles. The van der Waals surface area contributed by atoms with E-state index < -0.39 is 0 Å². The Bertz CT molecular complexity index is 665. The third-order valence-corrected chi connectivity index (χ3v) is 3.32. The number of hydrogen-bond acceptors (Lipinski definition) is 3. The summed E-state index contributed by atoms with van der Waals surface area (Å²) in [6.07, 6.45) is 0. The summed E-state index contributed by atoms with van der Waals surface area (Å²) in [7, 11) is 1.92. The summed E-state index contributed by atoms with van der Waals surface area (Å²) in [6.45, 7) is 4.36. The van der Waals surface area contributed by atoms with Gasteiger partial charge in [0.05, 0.1) is 16.9 Å². The van der Waals surface area contributed by atoms with Crippen LogP contribution in [0.5, 0.6) is 0 Å². The van der Waals surface area contributed by atoms with Crippen LogP contribution >= 0.6 is 0 Å². The highest BCUT2D eigenvalue weighted by Gasteiger charge is 2.15. The topological polar surface area (TPSA) is 66.0 Å². The number of amidine groups is 1. The minimum Gasteiger partial charge on any atom is -0.384 e. The van der Waals surface area contributed by atoms with E-state index in [9.17, 15) is 4.39 Å². The lowest BCUT2D eigenvalue weighted by Crippen LogP contribution is -2.24. The van der Waals surface area contributed by atoms with Crippen LogP contribution < -0.4 is 10.6 Å². The molecule has 1 aromatic heterocycles. The molecule has 0 saturated carbocycles. The zero-order valence-electron chi connectivity index (χ0n) is 12.4. The number of anilines is 1. The monoisotopic (exact) mass is 286 g/mol. The zero-order chi connectivity index (χ0) is 15.6. The Morgan fingerprint density at radius 1 is 1.29 bits per heavy atom. The first kappa shape index (κ1) is 15.0. The molecule has 0 amide bonds. The van der Waals surface area contributed by atoms with Crippen molar-refractivity contribution in [2.75, 3.05) is 11.9 Å². The molecular weight excluding hydrogens is 267 g/mol. The quantitative estimate of drug-likeness (QED) is 0.671. The fraction of sp³-hybridized carbons (Fsp3) is 0.250. The molecule has 0 spiro atoms. The van der Waals surface area contributed by atoms with Gasteiger partial charge in [0.25, 0.3) is 0 Å². The van der Waals surface area contributed by atoms with Crippen LogP contribution in [0.25, 0.3) is 0 Å². The largest absolute Gasteiger partial charge is 0.384 e. The minimum absolute atomic E-state index is 0.000885. The molecule has 0 unspecified atom stereocenters. The number of hydrogen-bond donors (Lipinski definition) is 2. The molecule has 0 aliphatic rings. The first-order valence-corrected chi connectivity index (χ1v) is 6.66. The Labute approximate surface area is 123 Å². The van der Waals surface area contributed by atoms with Crippen LogP contribution in [-0.2, 0) is 6.54 Å². The maximum Gasteiger partial charge on any atom is 0.126 e. The van der Waals surface area contributed by atoms with Gasteiger partial charge in [-0.1, -0.05) is 12.1 Å². The molecule has 0 atom stereocenters. The van der Waals surface area contributed by atoms with Gasteiger partial charge in [-0.25, -0.2) is 4.39 Å². The number of pyridine rings is 1. The summed E-state index contributed by atoms with van der Waals surface area (Å²) < 4.78 is 13.0. The number of nitrogen functional groups attached to an aromatic ring is 1. The molecule has 2 rings (SSSR count). The molecule has 21 heavy (non-hydrogen) atoms. The van der Waals surface area contributed by atoms with Gasteiger partial charge in [0.2, 0.25) is 0 Å². The number of nitrogens with one attached hydrogen (secondary N) is 1. The Morgan fingerprint density at radius 3 is 2.48 bits per heavy atom. The standard InChI is InChI=1S/C16H19FN4/c1-10-8-14(15(16(18)19)11(2)20-10)21(3)9-12-4-6-13(17)7-5-12/h4-8H,9H2,1-3H3,(H3,18,19). The fourth-order valence-electron chi connectivity index (χ4n) is 2.39. The predicted molar refractivity (Wildman–Crippen MR) is 83.2 cm³/mol. The second-order valence-electron chi connectivity index (χ2n) is 5.14. The van der Waals surface area contributed by atoms with Crippen molar-refractivity contribution in [3.05, 3.63) is 58.7 Å². The van der Waals surface area contributed by atoms with Crippen LogP contribution in [-0.4, -0.2) is 17.9 Å². The van der Waals surface area contributed by atoms with Crippen molar-refractivity contribution in [2.45, 2.75) is 20.4 Å². The summed E-state index contributed by atoms with van der Waals surface area (Å²) in [6, 6.07) is 8.30. The van der Waals surface area contributed by atoms with E-state index in [1.165, 1.54) is 12.1 Å². The molecule has 4 nitrogen and oxygen atoms in total. The minimum atomic E-state index is -0.249. The molecular formula is C16H19FN4. The molecule has 0 fully saturated rings. The summed E-state index contributed by atoms with van der Waals surface area (Å²) in [5.74, 6) is -0.248. The van der Waals surface area contributed by atoms with Crippen molar-refractivity contribution in [2.24, 2.45) is 5.73 Å². The van der Waals surface area contributed by atoms with Crippen LogP contribution in [0.15, 0.2) is 30.3 Å². The Balaban J connectivity index is 2.36. The van der Waals surface area contributed by atoms with E-state index in [1.54, 1.807) is 12.1 Å². The lowest BCUT2D eigenvalue weighted by atomic mass is 10.1. The maximum absolute atomic E-state index is 13.0. The molecule has 0 radical (unpaired) electrons. The lowest BCUT2D eigenvalue weighted by Gasteiger charge is -2.23. The number of benzene rings is 1. The van der Waals surface area contributed by atoms with Gasteiger partial charge in [-0.3, -0.25) is 10.4 Å². The third-order valence-electron chi connectivity index (χ3n) is 3.32. The van der Waals surface area contributed by atoms with Crippen molar-refractivity contribution in [1.82, 2.24) is 4.98 Å². The number of nitrogens with zero attached hydrogens (tertiary/aromatic N) is 2. The van der Waals surface area contributed by atoms with E-state index in [2.05, 4.69) is 4.98 Å². The van der Waals surface area contributed by atoms with Gasteiger partial charge in [0.15, 0.2) is 0 Å².